The van der Waals surface area contributed by atoms with Crippen molar-refractivity contribution >= 4 is 17.6 Å². The zero-order chi connectivity index (χ0) is 17.1. The molecule has 3 aromatic rings. The van der Waals surface area contributed by atoms with Gasteiger partial charge in [0, 0.05) is 30.9 Å². The number of carbonyl (C=O) groups excluding carboxylic acids is 1. The van der Waals surface area contributed by atoms with Crippen molar-refractivity contribution in [3.05, 3.63) is 46.6 Å². The Morgan fingerprint density at radius 1 is 1.33 bits per heavy atom. The first-order valence-electron chi connectivity index (χ1n) is 7.98. The maximum absolute atomic E-state index is 12.2. The normalized spacial score (nSPS) is 12.4. The van der Waals surface area contributed by atoms with E-state index < -0.39 is 0 Å². The molecule has 1 unspecified atom stereocenters. The highest BCUT2D eigenvalue weighted by atomic mass is 16.2. The van der Waals surface area contributed by atoms with Crippen LogP contribution in [0.4, 0.5) is 5.95 Å². The molecule has 0 fully saturated rings. The van der Waals surface area contributed by atoms with Gasteiger partial charge in [-0.1, -0.05) is 13.3 Å². The van der Waals surface area contributed by atoms with Crippen LogP contribution in [0.5, 0.6) is 0 Å². The van der Waals surface area contributed by atoms with Gasteiger partial charge in [-0.2, -0.15) is 9.50 Å². The molecule has 0 spiro atoms. The van der Waals surface area contributed by atoms with E-state index in [0.29, 0.717) is 18.5 Å². The molecule has 3 heterocycles. The molecule has 24 heavy (non-hydrogen) atoms. The molecule has 0 bridgehead atoms. The lowest BCUT2D eigenvalue weighted by Gasteiger charge is -2.12. The average molecular weight is 328 g/mol. The molecule has 0 aromatic carbocycles. The Kier molecular flexibility index (Phi) is 4.45. The molecular formula is C16H20N6O2. The number of H-pyrrole nitrogens is 1. The summed E-state index contributed by atoms with van der Waals surface area (Å²) in [5.74, 6) is 0.301. The summed E-state index contributed by atoms with van der Waals surface area (Å²) in [6, 6.07) is 5.34. The first kappa shape index (κ1) is 16.0. The molecule has 0 saturated heterocycles. The molecule has 8 heteroatoms. The molecule has 0 aliphatic rings. The quantitative estimate of drug-likeness (QED) is 0.720. The van der Waals surface area contributed by atoms with E-state index in [4.69, 9.17) is 0 Å². The zero-order valence-corrected chi connectivity index (χ0v) is 13.7. The van der Waals surface area contributed by atoms with E-state index in [1.54, 1.807) is 0 Å². The number of fused-ring (bicyclic) bond motifs is 1. The van der Waals surface area contributed by atoms with Crippen molar-refractivity contribution in [3.63, 3.8) is 0 Å². The number of hydrogen-bond donors (Lipinski definition) is 2. The van der Waals surface area contributed by atoms with Gasteiger partial charge >= 0.3 is 0 Å². The first-order valence-corrected chi connectivity index (χ1v) is 7.98. The second-order valence-electron chi connectivity index (χ2n) is 5.77. The van der Waals surface area contributed by atoms with Crippen molar-refractivity contribution in [1.82, 2.24) is 24.1 Å². The average Bonchev–Trinajstić information content (AvgIpc) is 3.16. The van der Waals surface area contributed by atoms with Gasteiger partial charge in [0.2, 0.25) is 11.9 Å². The summed E-state index contributed by atoms with van der Waals surface area (Å²) < 4.78 is 3.19. The largest absolute Gasteiger partial charge is 0.351 e. The van der Waals surface area contributed by atoms with Crippen LogP contribution in [0.25, 0.3) is 5.78 Å². The zero-order valence-electron chi connectivity index (χ0n) is 13.7. The van der Waals surface area contributed by atoms with E-state index >= 15 is 0 Å². The van der Waals surface area contributed by atoms with E-state index in [9.17, 15) is 9.59 Å². The third-order valence-electron chi connectivity index (χ3n) is 3.76. The Hall–Kier alpha value is -2.90. The molecule has 126 valence electrons. The van der Waals surface area contributed by atoms with Crippen LogP contribution in [-0.2, 0) is 11.2 Å². The lowest BCUT2D eigenvalue weighted by molar-refractivity contribution is -0.116. The van der Waals surface area contributed by atoms with Crippen LogP contribution in [0.3, 0.4) is 0 Å². The highest BCUT2D eigenvalue weighted by Gasteiger charge is 2.13. The number of nitrogens with zero attached hydrogens (tertiary/aromatic N) is 4. The summed E-state index contributed by atoms with van der Waals surface area (Å²) >= 11 is 0. The van der Waals surface area contributed by atoms with Gasteiger partial charge in [-0.3, -0.25) is 20.0 Å². The van der Waals surface area contributed by atoms with Crippen LogP contribution in [0, 0.1) is 0 Å². The highest BCUT2D eigenvalue weighted by Crippen LogP contribution is 2.12. The Bertz CT molecular complexity index is 893. The van der Waals surface area contributed by atoms with E-state index in [2.05, 4.69) is 20.4 Å². The first-order chi connectivity index (χ1) is 11.6. The molecular weight excluding hydrogens is 308 g/mol. The second-order valence-corrected chi connectivity index (χ2v) is 5.77. The predicted molar refractivity (Wildman–Crippen MR) is 90.0 cm³/mol. The van der Waals surface area contributed by atoms with Gasteiger partial charge in [0.25, 0.3) is 11.3 Å². The molecule has 8 nitrogen and oxygen atoms in total. The van der Waals surface area contributed by atoms with Gasteiger partial charge in [-0.25, -0.2) is 4.98 Å². The molecule has 2 N–H and O–H groups in total. The summed E-state index contributed by atoms with van der Waals surface area (Å²) in [5.41, 5.74) is 0.463. The van der Waals surface area contributed by atoms with Gasteiger partial charge in [-0.15, -0.1) is 0 Å². The topological polar surface area (TPSA) is 97.1 Å². The fourth-order valence-corrected chi connectivity index (χ4v) is 2.57. The number of carbonyl (C=O) groups is 1. The molecule has 3 rings (SSSR count). The van der Waals surface area contributed by atoms with E-state index in [-0.39, 0.29) is 29.2 Å². The number of nitrogens with one attached hydrogen (secondary N) is 2. The molecule has 0 saturated carbocycles. The molecule has 3 aromatic heterocycles. The smallest absolute Gasteiger partial charge is 0.274 e. The van der Waals surface area contributed by atoms with Crippen molar-refractivity contribution in [2.24, 2.45) is 0 Å². The van der Waals surface area contributed by atoms with Gasteiger partial charge in [0.05, 0.1) is 5.69 Å². The SMILES string of the molecule is CCCc1cc(=O)n2[nH]c(NC(=O)CC(C)n3cccc3)nc2n1. The van der Waals surface area contributed by atoms with Crippen LogP contribution >= 0.6 is 0 Å². The van der Waals surface area contributed by atoms with Gasteiger partial charge in [0.1, 0.15) is 0 Å². The summed E-state index contributed by atoms with van der Waals surface area (Å²) in [6.07, 6.45) is 5.74. The van der Waals surface area contributed by atoms with E-state index in [1.165, 1.54) is 10.6 Å². The van der Waals surface area contributed by atoms with Crippen molar-refractivity contribution < 1.29 is 4.79 Å². The third-order valence-corrected chi connectivity index (χ3v) is 3.76. The Morgan fingerprint density at radius 2 is 2.08 bits per heavy atom. The summed E-state index contributed by atoms with van der Waals surface area (Å²) in [6.45, 7) is 3.98. The number of aromatic amines is 1. The number of aromatic nitrogens is 5. The Morgan fingerprint density at radius 3 is 2.79 bits per heavy atom. The van der Waals surface area contributed by atoms with Crippen LogP contribution in [0.2, 0.25) is 0 Å². The van der Waals surface area contributed by atoms with Gasteiger partial charge in [-0.05, 0) is 25.5 Å². The van der Waals surface area contributed by atoms with E-state index in [1.807, 2.05) is 42.9 Å². The van der Waals surface area contributed by atoms with Crippen molar-refractivity contribution in [2.75, 3.05) is 5.32 Å². The highest BCUT2D eigenvalue weighted by molar-refractivity contribution is 5.89. The van der Waals surface area contributed by atoms with Crippen LogP contribution in [0.15, 0.2) is 35.4 Å². The van der Waals surface area contributed by atoms with Gasteiger partial charge < -0.3 is 4.57 Å². The molecule has 0 aliphatic carbocycles. The number of anilines is 1. The number of aryl methyl sites for hydroxylation is 1. The minimum absolute atomic E-state index is 0.0291. The standard InChI is InChI=1S/C16H20N6O2/c1-3-6-12-10-14(24)22-16(17-12)19-15(20-22)18-13(23)9-11(2)21-7-4-5-8-21/h4-5,7-8,10-11H,3,6,9H2,1-2H3,(H2,17,18,19,20,23). The van der Waals surface area contributed by atoms with Crippen LogP contribution in [0.1, 0.15) is 38.4 Å². The van der Waals surface area contributed by atoms with E-state index in [0.717, 1.165) is 6.42 Å². The molecule has 0 aliphatic heterocycles. The summed E-state index contributed by atoms with van der Waals surface area (Å²) in [4.78, 5) is 32.7. The monoisotopic (exact) mass is 328 g/mol. The summed E-state index contributed by atoms with van der Waals surface area (Å²) in [7, 11) is 0. The molecule has 1 atom stereocenters. The van der Waals surface area contributed by atoms with Crippen molar-refractivity contribution in [3.8, 4) is 0 Å². The number of hydrogen-bond acceptors (Lipinski definition) is 4. The maximum atomic E-state index is 12.2. The fraction of sp³-hybridized carbons (Fsp3) is 0.375. The van der Waals surface area contributed by atoms with Crippen LogP contribution < -0.4 is 10.9 Å². The maximum Gasteiger partial charge on any atom is 0.274 e. The molecule has 1 amide bonds. The minimum atomic E-state index is -0.239. The summed E-state index contributed by atoms with van der Waals surface area (Å²) in [5, 5.41) is 5.45. The number of amides is 1. The minimum Gasteiger partial charge on any atom is -0.351 e. The lowest BCUT2D eigenvalue weighted by atomic mass is 10.2. The van der Waals surface area contributed by atoms with Crippen LogP contribution in [-0.4, -0.2) is 30.1 Å². The lowest BCUT2D eigenvalue weighted by Crippen LogP contribution is -2.18. The third kappa shape index (κ3) is 3.37. The Labute approximate surface area is 138 Å². The second kappa shape index (κ2) is 6.69. The van der Waals surface area contributed by atoms with Crippen molar-refractivity contribution in [2.45, 2.75) is 39.2 Å². The number of rotatable bonds is 6. The van der Waals surface area contributed by atoms with Crippen molar-refractivity contribution in [1.29, 1.82) is 0 Å². The Balaban J connectivity index is 1.74. The fourth-order valence-electron chi connectivity index (χ4n) is 2.57. The predicted octanol–water partition coefficient (Wildman–Crippen LogP) is 1.76. The molecule has 0 radical (unpaired) electrons. The van der Waals surface area contributed by atoms with Gasteiger partial charge in [0.15, 0.2) is 0 Å².